The van der Waals surface area contributed by atoms with Crippen LogP contribution in [0.4, 0.5) is 0 Å². The number of ether oxygens (including phenoxy) is 2. The van der Waals surface area contributed by atoms with Crippen LogP contribution < -0.4 is 14.8 Å². The minimum Gasteiger partial charge on any atom is -0.493 e. The highest BCUT2D eigenvalue weighted by Crippen LogP contribution is 2.38. The van der Waals surface area contributed by atoms with Gasteiger partial charge in [0.15, 0.2) is 11.5 Å². The van der Waals surface area contributed by atoms with Gasteiger partial charge in [0.25, 0.3) is 0 Å². The molecule has 3 rings (SSSR count). The zero-order valence-corrected chi connectivity index (χ0v) is 13.7. The van der Waals surface area contributed by atoms with Gasteiger partial charge in [0.1, 0.15) is 0 Å². The predicted molar refractivity (Wildman–Crippen MR) is 89.0 cm³/mol. The molecule has 1 atom stereocenters. The van der Waals surface area contributed by atoms with Crippen molar-refractivity contribution in [3.05, 3.63) is 58.1 Å². The number of hydrogen-bond acceptors (Lipinski definition) is 3. The van der Waals surface area contributed by atoms with Crippen molar-refractivity contribution in [2.75, 3.05) is 20.8 Å². The van der Waals surface area contributed by atoms with Gasteiger partial charge in [-0.3, -0.25) is 0 Å². The molecule has 3 nitrogen and oxygen atoms in total. The van der Waals surface area contributed by atoms with Gasteiger partial charge in [0, 0.05) is 6.54 Å². The summed E-state index contributed by atoms with van der Waals surface area (Å²) in [6, 6.07) is 11.0. The van der Waals surface area contributed by atoms with Gasteiger partial charge in [-0.1, -0.05) is 18.2 Å². The van der Waals surface area contributed by atoms with Crippen molar-refractivity contribution < 1.29 is 9.47 Å². The van der Waals surface area contributed by atoms with E-state index in [1.54, 1.807) is 14.2 Å². The lowest BCUT2D eigenvalue weighted by Gasteiger charge is -2.30. The first kappa shape index (κ1) is 14.9. The number of hydrogen-bond donors (Lipinski definition) is 1. The van der Waals surface area contributed by atoms with Crippen LogP contribution in [-0.4, -0.2) is 20.8 Å². The Kier molecular flexibility index (Phi) is 4.08. The Bertz CT molecular complexity index is 694. The van der Waals surface area contributed by atoms with E-state index in [0.717, 1.165) is 24.5 Å². The van der Waals surface area contributed by atoms with Gasteiger partial charge in [-0.2, -0.15) is 0 Å². The summed E-state index contributed by atoms with van der Waals surface area (Å²) in [5.74, 6) is 1.60. The molecule has 1 aliphatic heterocycles. The Morgan fingerprint density at radius 1 is 1.00 bits per heavy atom. The zero-order chi connectivity index (χ0) is 15.7. The first-order valence-corrected chi connectivity index (χ1v) is 7.70. The predicted octanol–water partition coefficient (Wildman–Crippen LogP) is 3.56. The molecule has 2 aromatic carbocycles. The van der Waals surface area contributed by atoms with Crippen LogP contribution in [-0.2, 0) is 6.42 Å². The largest absolute Gasteiger partial charge is 0.493 e. The van der Waals surface area contributed by atoms with E-state index >= 15 is 0 Å². The Balaban J connectivity index is 2.13. The van der Waals surface area contributed by atoms with Gasteiger partial charge in [0.05, 0.1) is 20.3 Å². The Morgan fingerprint density at radius 2 is 1.73 bits per heavy atom. The molecule has 0 aliphatic carbocycles. The van der Waals surface area contributed by atoms with Gasteiger partial charge in [-0.05, 0) is 60.2 Å². The van der Waals surface area contributed by atoms with E-state index in [1.807, 2.05) is 0 Å². The molecule has 0 fully saturated rings. The molecule has 3 heteroatoms. The van der Waals surface area contributed by atoms with Crippen molar-refractivity contribution in [2.24, 2.45) is 0 Å². The van der Waals surface area contributed by atoms with Crippen LogP contribution in [0, 0.1) is 13.8 Å². The number of nitrogens with one attached hydrogen (secondary N) is 1. The summed E-state index contributed by atoms with van der Waals surface area (Å²) in [5, 5.41) is 3.65. The van der Waals surface area contributed by atoms with Crippen LogP contribution in [0.25, 0.3) is 0 Å². The SMILES string of the molecule is COc1cc2c(cc1OC)C(c1cccc(C)c1C)NCC2. The minimum atomic E-state index is 0.212. The van der Waals surface area contributed by atoms with Crippen molar-refractivity contribution in [3.8, 4) is 11.5 Å². The van der Waals surface area contributed by atoms with E-state index in [0.29, 0.717) is 0 Å². The standard InChI is InChI=1S/C19H23NO2/c1-12-6-5-7-15(13(12)2)19-16-11-18(22-4)17(21-3)10-14(16)8-9-20-19/h5-7,10-11,19-20H,8-9H2,1-4H3. The molecule has 0 saturated heterocycles. The van der Waals surface area contributed by atoms with Crippen LogP contribution >= 0.6 is 0 Å². The topological polar surface area (TPSA) is 30.5 Å². The maximum absolute atomic E-state index is 5.49. The maximum atomic E-state index is 5.49. The second-order valence-electron chi connectivity index (χ2n) is 5.83. The zero-order valence-electron chi connectivity index (χ0n) is 13.7. The molecular formula is C19H23NO2. The first-order chi connectivity index (χ1) is 10.7. The third-order valence-electron chi connectivity index (χ3n) is 4.66. The smallest absolute Gasteiger partial charge is 0.161 e. The van der Waals surface area contributed by atoms with Crippen molar-refractivity contribution in [2.45, 2.75) is 26.3 Å². The average Bonchev–Trinajstić information content (AvgIpc) is 2.55. The molecule has 1 heterocycles. The summed E-state index contributed by atoms with van der Waals surface area (Å²) in [7, 11) is 3.38. The quantitative estimate of drug-likeness (QED) is 0.939. The monoisotopic (exact) mass is 297 g/mol. The lowest BCUT2D eigenvalue weighted by molar-refractivity contribution is 0.353. The van der Waals surface area contributed by atoms with Crippen LogP contribution in [0.15, 0.2) is 30.3 Å². The fourth-order valence-electron chi connectivity index (χ4n) is 3.25. The third-order valence-corrected chi connectivity index (χ3v) is 4.66. The number of benzene rings is 2. The average molecular weight is 297 g/mol. The molecule has 0 aromatic heterocycles. The fourth-order valence-corrected chi connectivity index (χ4v) is 3.25. The number of methoxy groups -OCH3 is 2. The molecule has 0 bridgehead atoms. The summed E-state index contributed by atoms with van der Waals surface area (Å²) in [6.45, 7) is 5.33. The summed E-state index contributed by atoms with van der Waals surface area (Å²) >= 11 is 0. The molecule has 1 aliphatic rings. The normalized spacial score (nSPS) is 17.0. The van der Waals surface area contributed by atoms with Crippen LogP contribution in [0.3, 0.4) is 0 Å². The number of fused-ring (bicyclic) bond motifs is 1. The molecule has 0 radical (unpaired) electrons. The third kappa shape index (κ3) is 2.46. The molecule has 1 unspecified atom stereocenters. The lowest BCUT2D eigenvalue weighted by Crippen LogP contribution is -2.31. The van der Waals surface area contributed by atoms with E-state index in [4.69, 9.17) is 9.47 Å². The summed E-state index contributed by atoms with van der Waals surface area (Å²) in [4.78, 5) is 0. The van der Waals surface area contributed by atoms with Crippen molar-refractivity contribution in [1.29, 1.82) is 0 Å². The van der Waals surface area contributed by atoms with E-state index < -0.39 is 0 Å². The Labute approximate surface area is 132 Å². The molecule has 0 spiro atoms. The van der Waals surface area contributed by atoms with Crippen molar-refractivity contribution in [3.63, 3.8) is 0 Å². The molecule has 0 amide bonds. The highest BCUT2D eigenvalue weighted by Gasteiger charge is 2.25. The molecule has 22 heavy (non-hydrogen) atoms. The molecule has 1 N–H and O–H groups in total. The fraction of sp³-hybridized carbons (Fsp3) is 0.368. The Morgan fingerprint density at radius 3 is 2.45 bits per heavy atom. The van der Waals surface area contributed by atoms with Crippen molar-refractivity contribution >= 4 is 0 Å². The molecule has 116 valence electrons. The van der Waals surface area contributed by atoms with Crippen LogP contribution in [0.1, 0.15) is 33.9 Å². The van der Waals surface area contributed by atoms with Gasteiger partial charge in [-0.15, -0.1) is 0 Å². The highest BCUT2D eigenvalue weighted by molar-refractivity contribution is 5.52. The lowest BCUT2D eigenvalue weighted by atomic mass is 9.86. The van der Waals surface area contributed by atoms with E-state index in [-0.39, 0.29) is 6.04 Å². The second kappa shape index (κ2) is 6.01. The van der Waals surface area contributed by atoms with Gasteiger partial charge >= 0.3 is 0 Å². The van der Waals surface area contributed by atoms with Crippen LogP contribution in [0.5, 0.6) is 11.5 Å². The highest BCUT2D eigenvalue weighted by atomic mass is 16.5. The second-order valence-corrected chi connectivity index (χ2v) is 5.83. The van der Waals surface area contributed by atoms with E-state index in [2.05, 4.69) is 49.5 Å². The Hall–Kier alpha value is -2.00. The number of rotatable bonds is 3. The van der Waals surface area contributed by atoms with E-state index in [1.165, 1.54) is 27.8 Å². The molecule has 0 saturated carbocycles. The van der Waals surface area contributed by atoms with Gasteiger partial charge < -0.3 is 14.8 Å². The summed E-state index contributed by atoms with van der Waals surface area (Å²) in [5.41, 5.74) is 6.64. The van der Waals surface area contributed by atoms with Gasteiger partial charge in [-0.25, -0.2) is 0 Å². The maximum Gasteiger partial charge on any atom is 0.161 e. The first-order valence-electron chi connectivity index (χ1n) is 7.70. The number of aryl methyl sites for hydroxylation is 1. The summed E-state index contributed by atoms with van der Waals surface area (Å²) < 4.78 is 10.9. The minimum absolute atomic E-state index is 0.212. The van der Waals surface area contributed by atoms with E-state index in [9.17, 15) is 0 Å². The van der Waals surface area contributed by atoms with Crippen LogP contribution in [0.2, 0.25) is 0 Å². The van der Waals surface area contributed by atoms with Gasteiger partial charge in [0.2, 0.25) is 0 Å². The molecule has 2 aromatic rings. The van der Waals surface area contributed by atoms with Crippen molar-refractivity contribution in [1.82, 2.24) is 5.32 Å². The summed E-state index contributed by atoms with van der Waals surface area (Å²) in [6.07, 6.45) is 1.01. The molecular weight excluding hydrogens is 274 g/mol.